The summed E-state index contributed by atoms with van der Waals surface area (Å²) >= 11 is 4.92. The molecule has 0 fully saturated rings. The molecule has 0 unspecified atom stereocenters. The van der Waals surface area contributed by atoms with Crippen molar-refractivity contribution < 1.29 is 9.59 Å². The minimum absolute atomic E-state index is 0.0522. The lowest BCUT2D eigenvalue weighted by Crippen LogP contribution is -2.50. The van der Waals surface area contributed by atoms with E-state index in [-0.39, 0.29) is 17.9 Å². The largest absolute Gasteiger partial charge is 0.352 e. The van der Waals surface area contributed by atoms with Gasteiger partial charge in [0.25, 0.3) is 0 Å². The van der Waals surface area contributed by atoms with Crippen LogP contribution in [-0.4, -0.2) is 34.6 Å². The first-order chi connectivity index (χ1) is 13.4. The normalized spacial score (nSPS) is 12.9. The van der Waals surface area contributed by atoms with Crippen molar-refractivity contribution >= 4 is 39.5 Å². The van der Waals surface area contributed by atoms with Crippen molar-refractivity contribution in [1.29, 1.82) is 0 Å². The third kappa shape index (κ3) is 6.99. The average Bonchev–Trinajstić information content (AvgIpc) is 2.71. The maximum Gasteiger partial charge on any atom is 0.242 e. The molecule has 2 aromatic rings. The Hall–Kier alpha value is -1.79. The molecule has 0 spiro atoms. The number of carbonyl (C=O) groups excluding carboxylic acids is 2. The first kappa shape index (κ1) is 22.5. The van der Waals surface area contributed by atoms with Gasteiger partial charge in [-0.3, -0.25) is 9.59 Å². The predicted molar refractivity (Wildman–Crippen MR) is 119 cm³/mol. The summed E-state index contributed by atoms with van der Waals surface area (Å²) in [6.07, 6.45) is 0.850. The van der Waals surface area contributed by atoms with E-state index in [2.05, 4.69) is 21.2 Å². The SMILES string of the molecule is CC[C@@H](C)NC(=O)[C@@H](C)N(Cc1ccc(Br)cc1)C(=O)CSc1ccccc1. The second kappa shape index (κ2) is 11.3. The van der Waals surface area contributed by atoms with Crippen molar-refractivity contribution in [3.8, 4) is 0 Å². The number of halogens is 1. The van der Waals surface area contributed by atoms with Crippen molar-refractivity contribution in [2.24, 2.45) is 0 Å². The van der Waals surface area contributed by atoms with Crippen molar-refractivity contribution in [3.63, 3.8) is 0 Å². The summed E-state index contributed by atoms with van der Waals surface area (Å²) in [5.74, 6) is 0.120. The van der Waals surface area contributed by atoms with Crippen LogP contribution in [0, 0.1) is 0 Å². The zero-order valence-corrected chi connectivity index (χ0v) is 18.9. The molecular formula is C22H27BrN2O2S. The Morgan fingerprint density at radius 3 is 2.32 bits per heavy atom. The molecule has 0 aliphatic heterocycles. The summed E-state index contributed by atoms with van der Waals surface area (Å²) in [6, 6.07) is 17.2. The lowest BCUT2D eigenvalue weighted by Gasteiger charge is -2.29. The Kier molecular flexibility index (Phi) is 9.06. The lowest BCUT2D eigenvalue weighted by molar-refractivity contribution is -0.138. The van der Waals surface area contributed by atoms with Crippen LogP contribution >= 0.6 is 27.7 Å². The first-order valence-corrected chi connectivity index (χ1v) is 11.2. The number of nitrogens with zero attached hydrogens (tertiary/aromatic N) is 1. The zero-order valence-electron chi connectivity index (χ0n) is 16.5. The molecule has 0 aliphatic carbocycles. The number of amides is 2. The standard InChI is InChI=1S/C22H27BrN2O2S/c1-4-16(2)24-22(27)17(3)25(14-18-10-12-19(23)13-11-18)21(26)15-28-20-8-6-5-7-9-20/h5-13,16-17H,4,14-15H2,1-3H3,(H,24,27)/t16-,17-/m1/s1. The highest BCUT2D eigenvalue weighted by Gasteiger charge is 2.26. The zero-order chi connectivity index (χ0) is 20.5. The highest BCUT2D eigenvalue weighted by atomic mass is 79.9. The van der Waals surface area contributed by atoms with Gasteiger partial charge in [-0.15, -0.1) is 11.8 Å². The molecule has 0 aromatic heterocycles. The maximum atomic E-state index is 13.0. The van der Waals surface area contributed by atoms with Gasteiger partial charge in [-0.2, -0.15) is 0 Å². The Labute approximate surface area is 180 Å². The number of carbonyl (C=O) groups is 2. The van der Waals surface area contributed by atoms with E-state index in [0.29, 0.717) is 12.3 Å². The lowest BCUT2D eigenvalue weighted by atomic mass is 10.1. The fourth-order valence-corrected chi connectivity index (χ4v) is 3.65. The summed E-state index contributed by atoms with van der Waals surface area (Å²) in [6.45, 7) is 6.19. The minimum Gasteiger partial charge on any atom is -0.352 e. The first-order valence-electron chi connectivity index (χ1n) is 9.42. The molecule has 1 N–H and O–H groups in total. The van der Waals surface area contributed by atoms with Gasteiger partial charge in [0.15, 0.2) is 0 Å². The van der Waals surface area contributed by atoms with E-state index in [9.17, 15) is 9.59 Å². The smallest absolute Gasteiger partial charge is 0.242 e. The molecule has 2 rings (SSSR count). The van der Waals surface area contributed by atoms with Gasteiger partial charge in [0, 0.05) is 22.0 Å². The van der Waals surface area contributed by atoms with Crippen LogP contribution in [0.5, 0.6) is 0 Å². The Bertz CT molecular complexity index is 768. The van der Waals surface area contributed by atoms with E-state index in [1.165, 1.54) is 11.8 Å². The molecule has 0 bridgehead atoms. The monoisotopic (exact) mass is 462 g/mol. The number of thioether (sulfide) groups is 1. The third-order valence-corrected chi connectivity index (χ3v) is 6.07. The second-order valence-corrected chi connectivity index (χ2v) is 8.71. The van der Waals surface area contributed by atoms with E-state index in [4.69, 9.17) is 0 Å². The van der Waals surface area contributed by atoms with E-state index in [1.807, 2.05) is 68.4 Å². The Balaban J connectivity index is 2.12. The predicted octanol–water partition coefficient (Wildman–Crippen LogP) is 4.87. The van der Waals surface area contributed by atoms with Crippen LogP contribution in [0.3, 0.4) is 0 Å². The fourth-order valence-electron chi connectivity index (χ4n) is 2.58. The van der Waals surface area contributed by atoms with Crippen molar-refractivity contribution in [1.82, 2.24) is 10.2 Å². The molecule has 28 heavy (non-hydrogen) atoms. The summed E-state index contributed by atoms with van der Waals surface area (Å²) in [5, 5.41) is 2.99. The third-order valence-electron chi connectivity index (χ3n) is 4.54. The van der Waals surface area contributed by atoms with Crippen LogP contribution in [-0.2, 0) is 16.1 Å². The van der Waals surface area contributed by atoms with Gasteiger partial charge in [0.05, 0.1) is 5.75 Å². The van der Waals surface area contributed by atoms with Crippen LogP contribution in [0.1, 0.15) is 32.8 Å². The van der Waals surface area contributed by atoms with Crippen LogP contribution in [0.2, 0.25) is 0 Å². The summed E-state index contributed by atoms with van der Waals surface area (Å²) in [5.41, 5.74) is 0.990. The van der Waals surface area contributed by atoms with E-state index >= 15 is 0 Å². The van der Waals surface area contributed by atoms with Crippen LogP contribution in [0.25, 0.3) is 0 Å². The van der Waals surface area contributed by atoms with E-state index in [0.717, 1.165) is 21.4 Å². The number of hydrogen-bond donors (Lipinski definition) is 1. The molecule has 2 amide bonds. The van der Waals surface area contributed by atoms with Crippen LogP contribution in [0.4, 0.5) is 0 Å². The van der Waals surface area contributed by atoms with Gasteiger partial charge in [-0.1, -0.05) is 53.2 Å². The molecule has 0 aliphatic rings. The molecule has 0 saturated carbocycles. The topological polar surface area (TPSA) is 49.4 Å². The van der Waals surface area contributed by atoms with Gasteiger partial charge in [-0.05, 0) is 50.1 Å². The molecule has 6 heteroatoms. The molecular weight excluding hydrogens is 436 g/mol. The molecule has 2 aromatic carbocycles. The quantitative estimate of drug-likeness (QED) is 0.540. The maximum absolute atomic E-state index is 13.0. The number of benzene rings is 2. The highest BCUT2D eigenvalue weighted by molar-refractivity contribution is 9.10. The number of nitrogens with one attached hydrogen (secondary N) is 1. The minimum atomic E-state index is -0.540. The van der Waals surface area contributed by atoms with Gasteiger partial charge in [0.1, 0.15) is 6.04 Å². The summed E-state index contributed by atoms with van der Waals surface area (Å²) in [7, 11) is 0. The van der Waals surface area contributed by atoms with E-state index < -0.39 is 6.04 Å². The average molecular weight is 463 g/mol. The molecule has 4 nitrogen and oxygen atoms in total. The number of rotatable bonds is 9. The van der Waals surface area contributed by atoms with Crippen LogP contribution in [0.15, 0.2) is 64.0 Å². The van der Waals surface area contributed by atoms with Crippen molar-refractivity contribution in [2.75, 3.05) is 5.75 Å². The summed E-state index contributed by atoms with van der Waals surface area (Å²) < 4.78 is 0.983. The molecule has 2 atom stereocenters. The highest BCUT2D eigenvalue weighted by Crippen LogP contribution is 2.20. The number of hydrogen-bond acceptors (Lipinski definition) is 3. The molecule has 150 valence electrons. The van der Waals surface area contributed by atoms with Gasteiger partial charge < -0.3 is 10.2 Å². The summed E-state index contributed by atoms with van der Waals surface area (Å²) in [4.78, 5) is 28.4. The Morgan fingerprint density at radius 1 is 1.07 bits per heavy atom. The van der Waals surface area contributed by atoms with E-state index in [1.54, 1.807) is 11.8 Å². The second-order valence-electron chi connectivity index (χ2n) is 6.74. The van der Waals surface area contributed by atoms with Gasteiger partial charge in [-0.25, -0.2) is 0 Å². The van der Waals surface area contributed by atoms with Gasteiger partial charge in [0.2, 0.25) is 11.8 Å². The molecule has 0 saturated heterocycles. The van der Waals surface area contributed by atoms with Crippen LogP contribution < -0.4 is 5.32 Å². The van der Waals surface area contributed by atoms with Crippen molar-refractivity contribution in [2.45, 2.75) is 50.7 Å². The fraction of sp³-hybridized carbons (Fsp3) is 0.364. The van der Waals surface area contributed by atoms with Crippen molar-refractivity contribution in [3.05, 3.63) is 64.6 Å². The van der Waals surface area contributed by atoms with Gasteiger partial charge >= 0.3 is 0 Å². The molecule has 0 radical (unpaired) electrons. The Morgan fingerprint density at radius 2 is 1.71 bits per heavy atom. The molecule has 0 heterocycles.